The Morgan fingerprint density at radius 3 is 2.67 bits per heavy atom. The fourth-order valence-corrected chi connectivity index (χ4v) is 3.86. The normalized spacial score (nSPS) is 17.0. The van der Waals surface area contributed by atoms with Crippen molar-refractivity contribution in [2.45, 2.75) is 50.1 Å². The number of benzene rings is 1. The Balaban J connectivity index is 1.83. The summed E-state index contributed by atoms with van der Waals surface area (Å²) in [6.45, 7) is 11.9. The maximum absolute atomic E-state index is 12.5. The molecule has 0 saturated carbocycles. The molecule has 1 amide bonds. The molecule has 1 aliphatic rings. The smallest absolute Gasteiger partial charge is 0.233 e. The van der Waals surface area contributed by atoms with Gasteiger partial charge in [-0.05, 0) is 33.8 Å². The third-order valence-electron chi connectivity index (χ3n) is 4.24. The SMILES string of the molecule is CC(Sc1nc(CN2CCOCC2)nc2ccccc12)C(=O)NC(C)(C)C. The summed E-state index contributed by atoms with van der Waals surface area (Å²) in [5, 5.41) is 4.66. The Bertz CT molecular complexity index is 800. The molecule has 7 heteroatoms. The summed E-state index contributed by atoms with van der Waals surface area (Å²) >= 11 is 1.49. The summed E-state index contributed by atoms with van der Waals surface area (Å²) in [6, 6.07) is 7.99. The number of para-hydroxylation sites is 1. The van der Waals surface area contributed by atoms with Gasteiger partial charge >= 0.3 is 0 Å². The van der Waals surface area contributed by atoms with Gasteiger partial charge in [-0.15, -0.1) is 0 Å². The fraction of sp³-hybridized carbons (Fsp3) is 0.550. The molecule has 1 atom stereocenters. The average Bonchev–Trinajstić information content (AvgIpc) is 2.61. The van der Waals surface area contributed by atoms with E-state index < -0.39 is 0 Å². The Morgan fingerprint density at radius 1 is 1.26 bits per heavy atom. The molecule has 2 aromatic rings. The van der Waals surface area contributed by atoms with Gasteiger partial charge in [0.2, 0.25) is 5.91 Å². The highest BCUT2D eigenvalue weighted by molar-refractivity contribution is 8.00. The van der Waals surface area contributed by atoms with Crippen molar-refractivity contribution in [3.05, 3.63) is 30.1 Å². The maximum Gasteiger partial charge on any atom is 0.233 e. The van der Waals surface area contributed by atoms with Crippen molar-refractivity contribution in [3.8, 4) is 0 Å². The van der Waals surface area contributed by atoms with Crippen molar-refractivity contribution in [3.63, 3.8) is 0 Å². The Kier molecular flexibility index (Phi) is 6.34. The van der Waals surface area contributed by atoms with Gasteiger partial charge in [0.15, 0.2) is 0 Å². The zero-order chi connectivity index (χ0) is 19.4. The molecule has 1 unspecified atom stereocenters. The van der Waals surface area contributed by atoms with Crippen molar-refractivity contribution in [1.29, 1.82) is 0 Å². The highest BCUT2D eigenvalue weighted by Crippen LogP contribution is 2.29. The minimum Gasteiger partial charge on any atom is -0.379 e. The molecule has 1 fully saturated rings. The summed E-state index contributed by atoms with van der Waals surface area (Å²) in [4.78, 5) is 24.3. The number of nitrogens with zero attached hydrogens (tertiary/aromatic N) is 3. The van der Waals surface area contributed by atoms with Gasteiger partial charge in [-0.3, -0.25) is 9.69 Å². The number of aromatic nitrogens is 2. The summed E-state index contributed by atoms with van der Waals surface area (Å²) in [7, 11) is 0. The van der Waals surface area contributed by atoms with E-state index in [4.69, 9.17) is 14.7 Å². The van der Waals surface area contributed by atoms with Crippen molar-refractivity contribution in [1.82, 2.24) is 20.2 Å². The molecule has 0 radical (unpaired) electrons. The van der Waals surface area contributed by atoms with Crippen LogP contribution in [-0.4, -0.2) is 57.9 Å². The molecule has 3 rings (SSSR count). The zero-order valence-corrected chi connectivity index (χ0v) is 17.3. The van der Waals surface area contributed by atoms with E-state index in [1.807, 2.05) is 52.0 Å². The number of ether oxygens (including phenoxy) is 1. The molecule has 2 heterocycles. The zero-order valence-electron chi connectivity index (χ0n) is 16.5. The maximum atomic E-state index is 12.5. The number of hydrogen-bond acceptors (Lipinski definition) is 6. The first-order valence-corrected chi connectivity index (χ1v) is 10.2. The second-order valence-corrected chi connectivity index (χ2v) is 9.18. The number of thioether (sulfide) groups is 1. The topological polar surface area (TPSA) is 67.3 Å². The molecule has 1 N–H and O–H groups in total. The van der Waals surface area contributed by atoms with E-state index in [9.17, 15) is 4.79 Å². The molecule has 1 aromatic heterocycles. The van der Waals surface area contributed by atoms with Crippen LogP contribution in [0.1, 0.15) is 33.5 Å². The third kappa shape index (κ3) is 5.64. The lowest BCUT2D eigenvalue weighted by molar-refractivity contribution is -0.121. The third-order valence-corrected chi connectivity index (χ3v) is 5.34. The molecular formula is C20H28N4O2S. The van der Waals surface area contributed by atoms with Crippen LogP contribution in [0.5, 0.6) is 0 Å². The molecule has 146 valence electrons. The minimum absolute atomic E-state index is 0.0184. The van der Waals surface area contributed by atoms with E-state index in [0.29, 0.717) is 6.54 Å². The van der Waals surface area contributed by atoms with Crippen LogP contribution in [0.25, 0.3) is 10.9 Å². The Morgan fingerprint density at radius 2 is 1.96 bits per heavy atom. The van der Waals surface area contributed by atoms with Crippen LogP contribution < -0.4 is 5.32 Å². The Hall–Kier alpha value is -1.70. The number of morpholine rings is 1. The van der Waals surface area contributed by atoms with E-state index in [1.165, 1.54) is 11.8 Å². The molecule has 6 nitrogen and oxygen atoms in total. The van der Waals surface area contributed by atoms with Crippen LogP contribution in [0.4, 0.5) is 0 Å². The lowest BCUT2D eigenvalue weighted by atomic mass is 10.1. The van der Waals surface area contributed by atoms with Crippen molar-refractivity contribution in [2.24, 2.45) is 0 Å². The fourth-order valence-electron chi connectivity index (χ4n) is 2.91. The van der Waals surface area contributed by atoms with Crippen LogP contribution in [0.15, 0.2) is 29.3 Å². The predicted molar refractivity (Wildman–Crippen MR) is 109 cm³/mol. The number of amides is 1. The molecule has 0 bridgehead atoms. The van der Waals surface area contributed by atoms with Crippen LogP contribution in [-0.2, 0) is 16.1 Å². The quantitative estimate of drug-likeness (QED) is 0.628. The van der Waals surface area contributed by atoms with E-state index in [1.54, 1.807) is 0 Å². The standard InChI is InChI=1S/C20H28N4O2S/c1-14(18(25)23-20(2,3)4)27-19-15-7-5-6-8-16(15)21-17(22-19)13-24-9-11-26-12-10-24/h5-8,14H,9-13H2,1-4H3,(H,23,25). The number of carbonyl (C=O) groups is 1. The summed E-state index contributed by atoms with van der Waals surface area (Å²) in [5.41, 5.74) is 0.669. The van der Waals surface area contributed by atoms with Gasteiger partial charge in [-0.1, -0.05) is 30.0 Å². The summed E-state index contributed by atoms with van der Waals surface area (Å²) in [6.07, 6.45) is 0. The molecule has 0 aliphatic carbocycles. The van der Waals surface area contributed by atoms with Crippen molar-refractivity contribution >= 4 is 28.6 Å². The van der Waals surface area contributed by atoms with E-state index in [-0.39, 0.29) is 16.7 Å². The van der Waals surface area contributed by atoms with E-state index in [0.717, 1.165) is 48.1 Å². The van der Waals surface area contributed by atoms with Gasteiger partial charge in [0, 0.05) is 24.0 Å². The Labute approximate surface area is 165 Å². The largest absolute Gasteiger partial charge is 0.379 e. The minimum atomic E-state index is -0.249. The molecule has 1 saturated heterocycles. The van der Waals surface area contributed by atoms with E-state index >= 15 is 0 Å². The first-order valence-electron chi connectivity index (χ1n) is 9.36. The monoisotopic (exact) mass is 388 g/mol. The molecule has 27 heavy (non-hydrogen) atoms. The van der Waals surface area contributed by atoms with Crippen LogP contribution in [0.3, 0.4) is 0 Å². The number of nitrogens with one attached hydrogen (secondary N) is 1. The number of fused-ring (bicyclic) bond motifs is 1. The van der Waals surface area contributed by atoms with Crippen LogP contribution in [0, 0.1) is 0 Å². The van der Waals surface area contributed by atoms with Crippen LogP contribution in [0.2, 0.25) is 0 Å². The number of hydrogen-bond donors (Lipinski definition) is 1. The van der Waals surface area contributed by atoms with Gasteiger partial charge in [-0.25, -0.2) is 9.97 Å². The van der Waals surface area contributed by atoms with Gasteiger partial charge in [0.05, 0.1) is 30.5 Å². The average molecular weight is 389 g/mol. The van der Waals surface area contributed by atoms with Gasteiger partial charge in [-0.2, -0.15) is 0 Å². The second kappa shape index (κ2) is 8.54. The van der Waals surface area contributed by atoms with Crippen molar-refractivity contribution in [2.75, 3.05) is 26.3 Å². The summed E-state index contributed by atoms with van der Waals surface area (Å²) in [5.74, 6) is 0.812. The molecule has 0 spiro atoms. The molecule has 1 aliphatic heterocycles. The second-order valence-electron chi connectivity index (χ2n) is 7.85. The van der Waals surface area contributed by atoms with Gasteiger partial charge in [0.1, 0.15) is 10.9 Å². The first kappa shape index (κ1) is 20.0. The summed E-state index contributed by atoms with van der Waals surface area (Å²) < 4.78 is 5.42. The molecule has 1 aromatic carbocycles. The number of rotatable bonds is 5. The highest BCUT2D eigenvalue weighted by atomic mass is 32.2. The van der Waals surface area contributed by atoms with Gasteiger partial charge < -0.3 is 10.1 Å². The van der Waals surface area contributed by atoms with E-state index in [2.05, 4.69) is 10.2 Å². The van der Waals surface area contributed by atoms with Crippen LogP contribution >= 0.6 is 11.8 Å². The van der Waals surface area contributed by atoms with Gasteiger partial charge in [0.25, 0.3) is 0 Å². The predicted octanol–water partition coefficient (Wildman–Crippen LogP) is 2.86. The van der Waals surface area contributed by atoms with Crippen molar-refractivity contribution < 1.29 is 9.53 Å². The number of carbonyl (C=O) groups excluding carboxylic acids is 1. The lowest BCUT2D eigenvalue weighted by Crippen LogP contribution is -2.44. The highest BCUT2D eigenvalue weighted by Gasteiger charge is 2.22. The lowest BCUT2D eigenvalue weighted by Gasteiger charge is -2.26. The first-order chi connectivity index (χ1) is 12.8. The molecular weight excluding hydrogens is 360 g/mol.